The van der Waals surface area contributed by atoms with Crippen LogP contribution in [0.5, 0.6) is 0 Å². The van der Waals surface area contributed by atoms with E-state index in [0.29, 0.717) is 18.8 Å². The zero-order valence-electron chi connectivity index (χ0n) is 11.9. The topological polar surface area (TPSA) is 49.3 Å². The second-order valence-corrected chi connectivity index (χ2v) is 4.93. The van der Waals surface area contributed by atoms with Gasteiger partial charge in [0.05, 0.1) is 6.04 Å². The molecule has 0 aliphatic heterocycles. The number of amides is 1. The molecule has 0 saturated carbocycles. The second kappa shape index (κ2) is 8.70. The number of benzene rings is 1. The number of carbonyl (C=O) groups excluding carboxylic acids is 1. The Labute approximate surface area is 116 Å². The first-order chi connectivity index (χ1) is 9.21. The Hall–Kier alpha value is -1.35. The molecule has 3 heteroatoms. The third kappa shape index (κ3) is 5.43. The molecule has 0 aliphatic carbocycles. The predicted octanol–water partition coefficient (Wildman–Crippen LogP) is 3.05. The zero-order valence-corrected chi connectivity index (χ0v) is 11.9. The van der Waals surface area contributed by atoms with E-state index in [4.69, 9.17) is 5.11 Å². The van der Waals surface area contributed by atoms with E-state index in [9.17, 15) is 4.79 Å². The van der Waals surface area contributed by atoms with Crippen molar-refractivity contribution in [2.75, 3.05) is 6.61 Å². The Balaban J connectivity index is 2.61. The van der Waals surface area contributed by atoms with Gasteiger partial charge < -0.3 is 10.4 Å². The fourth-order valence-electron chi connectivity index (χ4n) is 2.23. The van der Waals surface area contributed by atoms with E-state index >= 15 is 0 Å². The van der Waals surface area contributed by atoms with Crippen LogP contribution in [0.3, 0.4) is 0 Å². The molecule has 1 aromatic rings. The maximum atomic E-state index is 12.0. The van der Waals surface area contributed by atoms with Crippen molar-refractivity contribution in [1.82, 2.24) is 5.32 Å². The first-order valence-corrected chi connectivity index (χ1v) is 7.16. The van der Waals surface area contributed by atoms with Crippen LogP contribution in [0.15, 0.2) is 30.3 Å². The lowest BCUT2D eigenvalue weighted by Crippen LogP contribution is -2.30. The summed E-state index contributed by atoms with van der Waals surface area (Å²) in [6, 6.07) is 9.73. The fourth-order valence-corrected chi connectivity index (χ4v) is 2.23. The minimum atomic E-state index is -0.0898. The van der Waals surface area contributed by atoms with Gasteiger partial charge in [0.2, 0.25) is 5.91 Å². The van der Waals surface area contributed by atoms with Gasteiger partial charge in [0, 0.05) is 13.0 Å². The maximum absolute atomic E-state index is 12.0. The number of carbonyl (C=O) groups is 1. The van der Waals surface area contributed by atoms with Gasteiger partial charge in [-0.3, -0.25) is 4.79 Å². The summed E-state index contributed by atoms with van der Waals surface area (Å²) in [5.74, 6) is 0.529. The van der Waals surface area contributed by atoms with E-state index < -0.39 is 0 Å². The Morgan fingerprint density at radius 2 is 1.84 bits per heavy atom. The van der Waals surface area contributed by atoms with Crippen LogP contribution in [0.25, 0.3) is 0 Å². The molecular formula is C16H25NO2. The minimum absolute atomic E-state index is 0.0742. The summed E-state index contributed by atoms with van der Waals surface area (Å²) in [5.41, 5.74) is 1.05. The molecule has 2 N–H and O–H groups in total. The number of rotatable bonds is 8. The molecule has 0 saturated heterocycles. The van der Waals surface area contributed by atoms with Gasteiger partial charge in [-0.05, 0) is 17.9 Å². The van der Waals surface area contributed by atoms with Crippen molar-refractivity contribution < 1.29 is 9.90 Å². The van der Waals surface area contributed by atoms with E-state index in [1.165, 1.54) is 0 Å². The van der Waals surface area contributed by atoms with Gasteiger partial charge in [-0.1, -0.05) is 57.0 Å². The van der Waals surface area contributed by atoms with Crippen LogP contribution >= 0.6 is 0 Å². The monoisotopic (exact) mass is 263 g/mol. The molecule has 1 rings (SSSR count). The summed E-state index contributed by atoms with van der Waals surface area (Å²) in [5, 5.41) is 12.2. The standard InChI is InChI=1S/C16H25NO2/c1-3-13(4-2)12-16(19)17-15(10-11-18)14-8-6-5-7-9-14/h5-9,13,15,18H,3-4,10-12H2,1-2H3,(H,17,19). The third-order valence-electron chi connectivity index (χ3n) is 3.58. The van der Waals surface area contributed by atoms with Gasteiger partial charge in [-0.15, -0.1) is 0 Å². The smallest absolute Gasteiger partial charge is 0.220 e. The van der Waals surface area contributed by atoms with Crippen LogP contribution in [0, 0.1) is 5.92 Å². The fraction of sp³-hybridized carbons (Fsp3) is 0.562. The zero-order chi connectivity index (χ0) is 14.1. The normalized spacial score (nSPS) is 12.4. The molecule has 1 aromatic carbocycles. The molecule has 0 bridgehead atoms. The molecule has 19 heavy (non-hydrogen) atoms. The van der Waals surface area contributed by atoms with E-state index in [2.05, 4.69) is 19.2 Å². The van der Waals surface area contributed by atoms with Gasteiger partial charge >= 0.3 is 0 Å². The largest absolute Gasteiger partial charge is 0.396 e. The van der Waals surface area contributed by atoms with Crippen molar-refractivity contribution in [2.45, 2.75) is 45.6 Å². The summed E-state index contributed by atoms with van der Waals surface area (Å²) in [4.78, 5) is 12.0. The third-order valence-corrected chi connectivity index (χ3v) is 3.58. The number of aliphatic hydroxyl groups excluding tert-OH is 1. The Kier molecular flexibility index (Phi) is 7.19. The molecule has 0 fully saturated rings. The molecule has 0 radical (unpaired) electrons. The van der Waals surface area contributed by atoms with E-state index in [1.54, 1.807) is 0 Å². The summed E-state index contributed by atoms with van der Waals surface area (Å²) < 4.78 is 0. The predicted molar refractivity (Wildman–Crippen MR) is 77.7 cm³/mol. The van der Waals surface area contributed by atoms with Gasteiger partial charge in [0.15, 0.2) is 0 Å². The van der Waals surface area contributed by atoms with Gasteiger partial charge in [-0.2, -0.15) is 0 Å². The van der Waals surface area contributed by atoms with Crippen LogP contribution in [0.2, 0.25) is 0 Å². The first-order valence-electron chi connectivity index (χ1n) is 7.16. The molecule has 1 unspecified atom stereocenters. The van der Waals surface area contributed by atoms with Gasteiger partial charge in [-0.25, -0.2) is 0 Å². The minimum Gasteiger partial charge on any atom is -0.396 e. The highest BCUT2D eigenvalue weighted by Crippen LogP contribution is 2.18. The van der Waals surface area contributed by atoms with Crippen LogP contribution in [0.4, 0.5) is 0 Å². The van der Waals surface area contributed by atoms with Crippen molar-refractivity contribution in [3.8, 4) is 0 Å². The Morgan fingerprint density at radius 1 is 1.21 bits per heavy atom. The summed E-state index contributed by atoms with van der Waals surface area (Å²) in [6.07, 6.45) is 3.18. The van der Waals surface area contributed by atoms with Gasteiger partial charge in [0.1, 0.15) is 0 Å². The molecule has 0 spiro atoms. The van der Waals surface area contributed by atoms with E-state index in [1.807, 2.05) is 30.3 Å². The van der Waals surface area contributed by atoms with Crippen LogP contribution in [-0.4, -0.2) is 17.6 Å². The van der Waals surface area contributed by atoms with Crippen molar-refractivity contribution in [2.24, 2.45) is 5.92 Å². The number of nitrogens with one attached hydrogen (secondary N) is 1. The molecule has 1 amide bonds. The molecule has 3 nitrogen and oxygen atoms in total. The second-order valence-electron chi connectivity index (χ2n) is 4.93. The molecule has 1 atom stereocenters. The molecule has 106 valence electrons. The molecular weight excluding hydrogens is 238 g/mol. The Morgan fingerprint density at radius 3 is 2.37 bits per heavy atom. The van der Waals surface area contributed by atoms with Crippen molar-refractivity contribution >= 4 is 5.91 Å². The summed E-state index contributed by atoms with van der Waals surface area (Å²) in [6.45, 7) is 4.30. The highest BCUT2D eigenvalue weighted by Gasteiger charge is 2.16. The van der Waals surface area contributed by atoms with Crippen LogP contribution in [-0.2, 0) is 4.79 Å². The quantitative estimate of drug-likeness (QED) is 0.757. The maximum Gasteiger partial charge on any atom is 0.220 e. The SMILES string of the molecule is CCC(CC)CC(=O)NC(CCO)c1ccccc1. The van der Waals surface area contributed by atoms with Crippen LogP contribution in [0.1, 0.15) is 51.1 Å². The number of hydrogen-bond donors (Lipinski definition) is 2. The van der Waals surface area contributed by atoms with Gasteiger partial charge in [0.25, 0.3) is 0 Å². The molecule has 0 aromatic heterocycles. The molecule has 0 aliphatic rings. The first kappa shape index (κ1) is 15.7. The highest BCUT2D eigenvalue weighted by molar-refractivity contribution is 5.76. The molecule has 0 heterocycles. The van der Waals surface area contributed by atoms with E-state index in [0.717, 1.165) is 18.4 Å². The lowest BCUT2D eigenvalue weighted by molar-refractivity contribution is -0.122. The number of aliphatic hydroxyl groups is 1. The van der Waals surface area contributed by atoms with E-state index in [-0.39, 0.29) is 18.6 Å². The van der Waals surface area contributed by atoms with Crippen molar-refractivity contribution in [3.05, 3.63) is 35.9 Å². The lowest BCUT2D eigenvalue weighted by Gasteiger charge is -2.20. The summed E-state index contributed by atoms with van der Waals surface area (Å²) >= 11 is 0. The average Bonchev–Trinajstić information content (AvgIpc) is 2.45. The summed E-state index contributed by atoms with van der Waals surface area (Å²) in [7, 11) is 0. The lowest BCUT2D eigenvalue weighted by atomic mass is 9.98. The number of hydrogen-bond acceptors (Lipinski definition) is 2. The highest BCUT2D eigenvalue weighted by atomic mass is 16.3. The average molecular weight is 263 g/mol. The Bertz CT molecular complexity index is 360. The van der Waals surface area contributed by atoms with Crippen LogP contribution < -0.4 is 5.32 Å². The van der Waals surface area contributed by atoms with Crippen molar-refractivity contribution in [1.29, 1.82) is 0 Å². The van der Waals surface area contributed by atoms with Crippen molar-refractivity contribution in [3.63, 3.8) is 0 Å².